The molecule has 1 saturated carbocycles. The summed E-state index contributed by atoms with van der Waals surface area (Å²) in [6, 6.07) is 0. The highest BCUT2D eigenvalue weighted by molar-refractivity contribution is 5.78. The summed E-state index contributed by atoms with van der Waals surface area (Å²) in [6.45, 7) is 2.76. The van der Waals surface area contributed by atoms with E-state index in [1.165, 1.54) is 32.1 Å². The van der Waals surface area contributed by atoms with Crippen molar-refractivity contribution in [1.29, 1.82) is 0 Å². The summed E-state index contributed by atoms with van der Waals surface area (Å²) in [7, 11) is 1.90. The van der Waals surface area contributed by atoms with E-state index in [-0.39, 0.29) is 11.8 Å². The molecule has 1 amide bonds. The summed E-state index contributed by atoms with van der Waals surface area (Å²) in [4.78, 5) is 27.2. The molecule has 0 aromatic carbocycles. The standard InChI is InChI=1S/C16H28N2O3/c1-17(11-13-5-3-2-4-6-13)15(19)12-18-9-7-14(8-10-18)16(20)21/h13-14H,2-12H2,1H3,(H,20,21). The van der Waals surface area contributed by atoms with Gasteiger partial charge in [-0.1, -0.05) is 19.3 Å². The molecular formula is C16H28N2O3. The number of carbonyl (C=O) groups is 2. The maximum Gasteiger partial charge on any atom is 0.306 e. The van der Waals surface area contributed by atoms with Crippen LogP contribution in [0, 0.1) is 11.8 Å². The van der Waals surface area contributed by atoms with E-state index in [9.17, 15) is 9.59 Å². The number of carboxylic acid groups (broad SMARTS) is 1. The van der Waals surface area contributed by atoms with Crippen LogP contribution in [0.1, 0.15) is 44.9 Å². The van der Waals surface area contributed by atoms with Gasteiger partial charge < -0.3 is 10.0 Å². The number of aliphatic carboxylic acids is 1. The zero-order valence-corrected chi connectivity index (χ0v) is 13.1. The van der Waals surface area contributed by atoms with Gasteiger partial charge in [-0.25, -0.2) is 0 Å². The van der Waals surface area contributed by atoms with Crippen LogP contribution in [0.15, 0.2) is 0 Å². The molecule has 1 N–H and O–H groups in total. The van der Waals surface area contributed by atoms with Crippen molar-refractivity contribution < 1.29 is 14.7 Å². The Morgan fingerprint density at radius 2 is 1.71 bits per heavy atom. The second kappa shape index (κ2) is 7.78. The third kappa shape index (κ3) is 4.99. The van der Waals surface area contributed by atoms with E-state index >= 15 is 0 Å². The average molecular weight is 296 g/mol. The van der Waals surface area contributed by atoms with Gasteiger partial charge in [0.1, 0.15) is 0 Å². The minimum Gasteiger partial charge on any atom is -0.481 e. The molecule has 120 valence electrons. The number of hydrogen-bond acceptors (Lipinski definition) is 3. The summed E-state index contributed by atoms with van der Waals surface area (Å²) in [5, 5.41) is 8.98. The van der Waals surface area contributed by atoms with Gasteiger partial charge in [-0.15, -0.1) is 0 Å². The van der Waals surface area contributed by atoms with Gasteiger partial charge in [-0.2, -0.15) is 0 Å². The van der Waals surface area contributed by atoms with Crippen LogP contribution >= 0.6 is 0 Å². The first-order valence-corrected chi connectivity index (χ1v) is 8.25. The first kappa shape index (κ1) is 16.3. The van der Waals surface area contributed by atoms with Crippen molar-refractivity contribution in [2.45, 2.75) is 44.9 Å². The summed E-state index contributed by atoms with van der Waals surface area (Å²) in [5.41, 5.74) is 0. The van der Waals surface area contributed by atoms with E-state index in [0.717, 1.165) is 19.6 Å². The SMILES string of the molecule is CN(CC1CCCCC1)C(=O)CN1CCC(C(=O)O)CC1. The first-order chi connectivity index (χ1) is 10.1. The van der Waals surface area contributed by atoms with Crippen LogP contribution in [0.3, 0.4) is 0 Å². The van der Waals surface area contributed by atoms with E-state index in [1.807, 2.05) is 11.9 Å². The van der Waals surface area contributed by atoms with Crippen molar-refractivity contribution in [3.05, 3.63) is 0 Å². The number of likely N-dealkylation sites (tertiary alicyclic amines) is 1. The van der Waals surface area contributed by atoms with Gasteiger partial charge >= 0.3 is 5.97 Å². The second-order valence-corrected chi connectivity index (χ2v) is 6.67. The largest absolute Gasteiger partial charge is 0.481 e. The van der Waals surface area contributed by atoms with E-state index in [2.05, 4.69) is 4.90 Å². The molecule has 0 unspecified atom stereocenters. The van der Waals surface area contributed by atoms with E-state index in [0.29, 0.717) is 25.3 Å². The minimum atomic E-state index is -0.699. The normalized spacial score (nSPS) is 22.1. The fraction of sp³-hybridized carbons (Fsp3) is 0.875. The number of hydrogen-bond donors (Lipinski definition) is 1. The average Bonchev–Trinajstić information content (AvgIpc) is 2.48. The van der Waals surface area contributed by atoms with Gasteiger partial charge in [0.25, 0.3) is 0 Å². The third-order valence-electron chi connectivity index (χ3n) is 4.98. The maximum absolute atomic E-state index is 12.3. The zero-order chi connectivity index (χ0) is 15.2. The van der Waals surface area contributed by atoms with Gasteiger partial charge in [0.2, 0.25) is 5.91 Å². The molecule has 1 aliphatic heterocycles. The number of carbonyl (C=O) groups excluding carboxylic acids is 1. The van der Waals surface area contributed by atoms with Crippen LogP contribution in [0.25, 0.3) is 0 Å². The summed E-state index contributed by atoms with van der Waals surface area (Å²) in [5.74, 6) is -0.0773. The van der Waals surface area contributed by atoms with E-state index in [1.54, 1.807) is 0 Å². The zero-order valence-electron chi connectivity index (χ0n) is 13.1. The summed E-state index contributed by atoms with van der Waals surface area (Å²) < 4.78 is 0. The smallest absolute Gasteiger partial charge is 0.306 e. The van der Waals surface area contributed by atoms with Crippen molar-refractivity contribution in [3.8, 4) is 0 Å². The monoisotopic (exact) mass is 296 g/mol. The number of rotatable bonds is 5. The quantitative estimate of drug-likeness (QED) is 0.840. The Morgan fingerprint density at radius 3 is 2.29 bits per heavy atom. The van der Waals surface area contributed by atoms with Crippen LogP contribution in [0.4, 0.5) is 0 Å². The molecule has 1 saturated heterocycles. The Balaban J connectivity index is 1.70. The molecule has 5 heteroatoms. The minimum absolute atomic E-state index is 0.175. The van der Waals surface area contributed by atoms with Crippen LogP contribution in [0.2, 0.25) is 0 Å². The lowest BCUT2D eigenvalue weighted by Gasteiger charge is -2.32. The number of amides is 1. The molecule has 1 aliphatic carbocycles. The Hall–Kier alpha value is -1.10. The molecule has 2 rings (SSSR count). The highest BCUT2D eigenvalue weighted by Crippen LogP contribution is 2.24. The number of likely N-dealkylation sites (N-methyl/N-ethyl adjacent to an activating group) is 1. The molecular weight excluding hydrogens is 268 g/mol. The molecule has 21 heavy (non-hydrogen) atoms. The third-order valence-corrected chi connectivity index (χ3v) is 4.98. The van der Waals surface area contributed by atoms with Crippen molar-refractivity contribution in [2.75, 3.05) is 33.2 Å². The topological polar surface area (TPSA) is 60.9 Å². The number of carboxylic acids is 1. The van der Waals surface area contributed by atoms with E-state index in [4.69, 9.17) is 5.11 Å². The highest BCUT2D eigenvalue weighted by Gasteiger charge is 2.26. The van der Waals surface area contributed by atoms with Crippen LogP contribution in [0.5, 0.6) is 0 Å². The van der Waals surface area contributed by atoms with Crippen molar-refractivity contribution in [2.24, 2.45) is 11.8 Å². The fourth-order valence-electron chi connectivity index (χ4n) is 3.51. The Kier molecular flexibility index (Phi) is 6.03. The molecule has 0 aromatic heterocycles. The van der Waals surface area contributed by atoms with Crippen LogP contribution in [-0.4, -0.2) is 60.0 Å². The predicted molar refractivity (Wildman–Crippen MR) is 81.0 cm³/mol. The van der Waals surface area contributed by atoms with Gasteiger partial charge in [0.15, 0.2) is 0 Å². The van der Waals surface area contributed by atoms with Gasteiger partial charge in [-0.3, -0.25) is 14.5 Å². The predicted octanol–water partition coefficient (Wildman–Crippen LogP) is 1.82. The molecule has 1 heterocycles. The lowest BCUT2D eigenvalue weighted by molar-refractivity contribution is -0.143. The van der Waals surface area contributed by atoms with Crippen molar-refractivity contribution >= 4 is 11.9 Å². The molecule has 2 aliphatic rings. The number of piperidine rings is 1. The molecule has 0 radical (unpaired) electrons. The second-order valence-electron chi connectivity index (χ2n) is 6.67. The Bertz CT molecular complexity index is 359. The molecule has 5 nitrogen and oxygen atoms in total. The molecule has 0 spiro atoms. The highest BCUT2D eigenvalue weighted by atomic mass is 16.4. The fourth-order valence-corrected chi connectivity index (χ4v) is 3.51. The van der Waals surface area contributed by atoms with Crippen molar-refractivity contribution in [3.63, 3.8) is 0 Å². The summed E-state index contributed by atoms with van der Waals surface area (Å²) >= 11 is 0. The lowest BCUT2D eigenvalue weighted by atomic mass is 9.89. The van der Waals surface area contributed by atoms with Crippen LogP contribution < -0.4 is 0 Å². The maximum atomic E-state index is 12.3. The van der Waals surface area contributed by atoms with Crippen LogP contribution in [-0.2, 0) is 9.59 Å². The summed E-state index contributed by atoms with van der Waals surface area (Å²) in [6.07, 6.45) is 7.77. The Morgan fingerprint density at radius 1 is 1.10 bits per heavy atom. The van der Waals surface area contributed by atoms with Gasteiger partial charge in [-0.05, 0) is 44.7 Å². The van der Waals surface area contributed by atoms with E-state index < -0.39 is 5.97 Å². The lowest BCUT2D eigenvalue weighted by Crippen LogP contribution is -2.44. The van der Waals surface area contributed by atoms with Gasteiger partial charge in [0, 0.05) is 13.6 Å². The number of nitrogens with zero attached hydrogens (tertiary/aromatic N) is 2. The van der Waals surface area contributed by atoms with Gasteiger partial charge in [0.05, 0.1) is 12.5 Å². The molecule has 0 aromatic rings. The molecule has 2 fully saturated rings. The van der Waals surface area contributed by atoms with Crippen molar-refractivity contribution in [1.82, 2.24) is 9.80 Å². The Labute approximate surface area is 127 Å². The molecule has 0 bridgehead atoms. The molecule has 0 atom stereocenters. The first-order valence-electron chi connectivity index (χ1n) is 8.25.